The minimum atomic E-state index is -3.82. The molecule has 1 aliphatic rings. The third-order valence-electron chi connectivity index (χ3n) is 5.08. The lowest BCUT2D eigenvalue weighted by Gasteiger charge is -2.21. The van der Waals surface area contributed by atoms with Crippen molar-refractivity contribution in [3.8, 4) is 11.1 Å². The zero-order valence-corrected chi connectivity index (χ0v) is 18.6. The predicted molar refractivity (Wildman–Crippen MR) is 123 cm³/mol. The van der Waals surface area contributed by atoms with Gasteiger partial charge in [-0.05, 0) is 60.4 Å². The van der Waals surface area contributed by atoms with Gasteiger partial charge in [0.1, 0.15) is 5.82 Å². The van der Waals surface area contributed by atoms with Crippen molar-refractivity contribution in [3.63, 3.8) is 0 Å². The maximum absolute atomic E-state index is 13.1. The fourth-order valence-corrected chi connectivity index (χ4v) is 4.56. The highest BCUT2D eigenvalue weighted by molar-refractivity contribution is 7.90. The molecule has 9 nitrogen and oxygen atoms in total. The lowest BCUT2D eigenvalue weighted by molar-refractivity contribution is -0.198. The molecule has 10 heteroatoms. The van der Waals surface area contributed by atoms with Crippen LogP contribution in [-0.4, -0.2) is 36.2 Å². The molecule has 33 heavy (non-hydrogen) atoms. The fraction of sp³-hybridized carbons (Fsp3) is 0.217. The van der Waals surface area contributed by atoms with Gasteiger partial charge in [-0.1, -0.05) is 12.1 Å². The predicted octanol–water partition coefficient (Wildman–Crippen LogP) is 2.96. The monoisotopic (exact) mass is 468 g/mol. The van der Waals surface area contributed by atoms with E-state index in [0.29, 0.717) is 23.6 Å². The zero-order chi connectivity index (χ0) is 23.3. The first-order valence-corrected chi connectivity index (χ1v) is 11.9. The SMILES string of the molecule is Nc1ccc(-c2cccc(S(=O)(=O)n3ccc(/C=C/C(=O)NOC4CCCCO4)c3)c2)cn1. The van der Waals surface area contributed by atoms with Crippen LogP contribution in [0.4, 0.5) is 5.82 Å². The molecule has 1 amide bonds. The Morgan fingerprint density at radius 1 is 1.21 bits per heavy atom. The molecule has 172 valence electrons. The van der Waals surface area contributed by atoms with Crippen LogP contribution < -0.4 is 11.2 Å². The minimum absolute atomic E-state index is 0.126. The molecule has 1 atom stereocenters. The number of carbonyl (C=O) groups is 1. The molecule has 3 aromatic rings. The number of amides is 1. The number of ether oxygens (including phenoxy) is 1. The summed E-state index contributed by atoms with van der Waals surface area (Å²) in [4.78, 5) is 21.4. The number of nitrogens with one attached hydrogen (secondary N) is 1. The number of carbonyl (C=O) groups excluding carboxylic acids is 1. The summed E-state index contributed by atoms with van der Waals surface area (Å²) < 4.78 is 32.7. The highest BCUT2D eigenvalue weighted by Crippen LogP contribution is 2.24. The first-order chi connectivity index (χ1) is 15.9. The van der Waals surface area contributed by atoms with Crippen LogP contribution in [0, 0.1) is 0 Å². The van der Waals surface area contributed by atoms with E-state index in [1.807, 2.05) is 0 Å². The molecule has 1 unspecified atom stereocenters. The third kappa shape index (κ3) is 5.67. The van der Waals surface area contributed by atoms with Crippen LogP contribution in [-0.2, 0) is 24.4 Å². The van der Waals surface area contributed by atoms with Gasteiger partial charge in [-0.25, -0.2) is 27.7 Å². The highest BCUT2D eigenvalue weighted by atomic mass is 32.2. The quantitative estimate of drug-likeness (QED) is 0.403. The number of hydroxylamine groups is 1. The maximum Gasteiger partial charge on any atom is 0.267 e. The average molecular weight is 469 g/mol. The molecule has 0 saturated carbocycles. The van der Waals surface area contributed by atoms with Crippen molar-refractivity contribution in [2.45, 2.75) is 30.4 Å². The summed E-state index contributed by atoms with van der Waals surface area (Å²) in [5.41, 5.74) is 9.95. The molecule has 3 heterocycles. The Bertz CT molecular complexity index is 1250. The smallest absolute Gasteiger partial charge is 0.267 e. The number of anilines is 1. The Morgan fingerprint density at radius 3 is 2.85 bits per heavy atom. The Balaban J connectivity index is 1.44. The first kappa shape index (κ1) is 22.7. The van der Waals surface area contributed by atoms with Crippen LogP contribution in [0.5, 0.6) is 0 Å². The van der Waals surface area contributed by atoms with Crippen molar-refractivity contribution in [1.82, 2.24) is 14.4 Å². The van der Waals surface area contributed by atoms with E-state index in [2.05, 4.69) is 10.5 Å². The van der Waals surface area contributed by atoms with E-state index in [4.69, 9.17) is 15.3 Å². The normalized spacial score (nSPS) is 16.7. The van der Waals surface area contributed by atoms with Gasteiger partial charge in [0, 0.05) is 43.3 Å². The number of benzene rings is 1. The number of pyridine rings is 1. The number of nitrogen functional groups attached to an aromatic ring is 1. The van der Waals surface area contributed by atoms with Gasteiger partial charge in [0.25, 0.3) is 15.9 Å². The molecule has 1 saturated heterocycles. The van der Waals surface area contributed by atoms with Crippen molar-refractivity contribution in [1.29, 1.82) is 0 Å². The van der Waals surface area contributed by atoms with Gasteiger partial charge in [0.05, 0.1) is 4.90 Å². The van der Waals surface area contributed by atoms with Gasteiger partial charge >= 0.3 is 0 Å². The van der Waals surface area contributed by atoms with Crippen molar-refractivity contribution in [3.05, 3.63) is 72.7 Å². The van der Waals surface area contributed by atoms with Gasteiger partial charge < -0.3 is 10.5 Å². The van der Waals surface area contributed by atoms with Crippen molar-refractivity contribution < 1.29 is 22.8 Å². The minimum Gasteiger partial charge on any atom is -0.384 e. The summed E-state index contributed by atoms with van der Waals surface area (Å²) in [6.45, 7) is 0.609. The number of nitrogens with two attached hydrogens (primary N) is 1. The van der Waals surface area contributed by atoms with E-state index in [0.717, 1.165) is 28.8 Å². The Kier molecular flexibility index (Phi) is 6.87. The highest BCUT2D eigenvalue weighted by Gasteiger charge is 2.18. The fourth-order valence-electron chi connectivity index (χ4n) is 3.31. The summed E-state index contributed by atoms with van der Waals surface area (Å²) in [5, 5.41) is 0. The Hall–Kier alpha value is -3.47. The van der Waals surface area contributed by atoms with E-state index in [1.165, 1.54) is 30.6 Å². The van der Waals surface area contributed by atoms with Crippen LogP contribution in [0.25, 0.3) is 17.2 Å². The van der Waals surface area contributed by atoms with E-state index in [-0.39, 0.29) is 4.90 Å². The molecule has 1 fully saturated rings. The molecule has 1 aliphatic heterocycles. The van der Waals surface area contributed by atoms with Gasteiger partial charge in [-0.15, -0.1) is 0 Å². The second-order valence-electron chi connectivity index (χ2n) is 7.49. The molecule has 0 aliphatic carbocycles. The number of rotatable bonds is 7. The molecule has 4 rings (SSSR count). The van der Waals surface area contributed by atoms with Gasteiger partial charge in [-0.2, -0.15) is 0 Å². The summed E-state index contributed by atoms with van der Waals surface area (Å²) in [6, 6.07) is 11.6. The molecule has 3 N–H and O–H groups in total. The number of hydrogen-bond acceptors (Lipinski definition) is 7. The van der Waals surface area contributed by atoms with E-state index < -0.39 is 22.2 Å². The molecular weight excluding hydrogens is 444 g/mol. The van der Waals surface area contributed by atoms with Crippen molar-refractivity contribution >= 4 is 27.8 Å². The van der Waals surface area contributed by atoms with Crippen molar-refractivity contribution in [2.24, 2.45) is 0 Å². The van der Waals surface area contributed by atoms with Gasteiger partial charge in [0.15, 0.2) is 6.29 Å². The lowest BCUT2D eigenvalue weighted by atomic mass is 10.1. The summed E-state index contributed by atoms with van der Waals surface area (Å²) in [6.07, 6.45) is 9.47. The molecule has 0 radical (unpaired) electrons. The van der Waals surface area contributed by atoms with Crippen LogP contribution in [0.2, 0.25) is 0 Å². The largest absolute Gasteiger partial charge is 0.384 e. The number of hydrogen-bond donors (Lipinski definition) is 2. The summed E-state index contributed by atoms with van der Waals surface area (Å²) in [7, 11) is -3.82. The van der Waals surface area contributed by atoms with Gasteiger partial charge in [-0.3, -0.25) is 4.79 Å². The molecule has 0 spiro atoms. The number of aromatic nitrogens is 2. The summed E-state index contributed by atoms with van der Waals surface area (Å²) >= 11 is 0. The van der Waals surface area contributed by atoms with Crippen LogP contribution in [0.1, 0.15) is 24.8 Å². The van der Waals surface area contributed by atoms with Crippen LogP contribution in [0.15, 0.2) is 72.0 Å². The second kappa shape index (κ2) is 9.99. The van der Waals surface area contributed by atoms with Gasteiger partial charge in [0.2, 0.25) is 0 Å². The van der Waals surface area contributed by atoms with Crippen LogP contribution in [0.3, 0.4) is 0 Å². The molecule has 0 bridgehead atoms. The average Bonchev–Trinajstić information content (AvgIpc) is 3.33. The first-order valence-electron chi connectivity index (χ1n) is 10.4. The Morgan fingerprint density at radius 2 is 2.09 bits per heavy atom. The van der Waals surface area contributed by atoms with E-state index in [1.54, 1.807) is 42.6 Å². The Labute approximate surface area is 191 Å². The number of nitrogens with zero attached hydrogens (tertiary/aromatic N) is 2. The molecule has 2 aromatic heterocycles. The standard InChI is InChI=1S/C23H24N4O5S/c24-21-9-8-19(15-25-21)18-4-3-5-20(14-18)33(29,30)27-12-11-17(16-27)7-10-22(28)26-32-23-6-1-2-13-31-23/h3-5,7-12,14-16,23H,1-2,6,13H2,(H2,24,25)(H,26,28)/b10-7+. The zero-order valence-electron chi connectivity index (χ0n) is 17.8. The van der Waals surface area contributed by atoms with E-state index in [9.17, 15) is 13.2 Å². The third-order valence-corrected chi connectivity index (χ3v) is 6.71. The van der Waals surface area contributed by atoms with E-state index >= 15 is 0 Å². The maximum atomic E-state index is 13.1. The lowest BCUT2D eigenvalue weighted by Crippen LogP contribution is -2.32. The topological polar surface area (TPSA) is 126 Å². The molecular formula is C23H24N4O5S. The van der Waals surface area contributed by atoms with Crippen molar-refractivity contribution in [2.75, 3.05) is 12.3 Å². The van der Waals surface area contributed by atoms with Crippen LogP contribution >= 0.6 is 0 Å². The molecule has 1 aromatic carbocycles. The summed E-state index contributed by atoms with van der Waals surface area (Å²) in [5.74, 6) is -0.0809. The second-order valence-corrected chi connectivity index (χ2v) is 9.34.